The number of anilines is 2. The standard InChI is InChI=1S/C32H33FN4O3S/c1-19-7-6-10-26(20(19)2)37(32(39)30-27(34)28(36-41-30)21-11-15-23(33)16-12-21)29(22-13-17-25(40-3)18-14-22)31(38)35-24-8-4-5-9-24/h6-7,10-18,24,29H,4-5,8-9,34H2,1-3H3,(H,35,38). The Morgan fingerprint density at radius 3 is 2.39 bits per heavy atom. The van der Waals surface area contributed by atoms with Gasteiger partial charge in [0.05, 0.1) is 12.8 Å². The van der Waals surface area contributed by atoms with Gasteiger partial charge in [0.25, 0.3) is 5.91 Å². The van der Waals surface area contributed by atoms with E-state index in [1.165, 1.54) is 17.0 Å². The number of nitrogens with zero attached hydrogens (tertiary/aromatic N) is 2. The quantitative estimate of drug-likeness (QED) is 0.248. The number of amides is 2. The third-order valence-corrected chi connectivity index (χ3v) is 8.58. The minimum absolute atomic E-state index is 0.0531. The number of carbonyl (C=O) groups excluding carboxylic acids is 2. The number of nitrogens with two attached hydrogens (primary N) is 1. The molecular weight excluding hydrogens is 539 g/mol. The molecule has 9 heteroatoms. The van der Waals surface area contributed by atoms with Crippen LogP contribution in [0.2, 0.25) is 0 Å². The molecule has 0 bridgehead atoms. The molecule has 0 aliphatic heterocycles. The summed E-state index contributed by atoms with van der Waals surface area (Å²) in [4.78, 5) is 30.4. The van der Waals surface area contributed by atoms with Crippen LogP contribution in [0, 0.1) is 19.7 Å². The number of halogens is 1. The zero-order valence-corrected chi connectivity index (χ0v) is 24.1. The lowest BCUT2D eigenvalue weighted by Gasteiger charge is -2.33. The number of hydrogen-bond donors (Lipinski definition) is 2. The maximum atomic E-state index is 14.6. The Bertz CT molecular complexity index is 1550. The van der Waals surface area contributed by atoms with Gasteiger partial charge in [-0.05, 0) is 97.4 Å². The van der Waals surface area contributed by atoms with E-state index in [1.807, 2.05) is 44.2 Å². The number of ether oxygens (including phenoxy) is 1. The molecule has 1 aromatic heterocycles. The first kappa shape index (κ1) is 28.3. The molecule has 0 saturated heterocycles. The second-order valence-electron chi connectivity index (χ2n) is 10.3. The number of carbonyl (C=O) groups is 2. The molecule has 1 saturated carbocycles. The molecule has 3 N–H and O–H groups in total. The van der Waals surface area contributed by atoms with Crippen LogP contribution in [-0.4, -0.2) is 29.3 Å². The fourth-order valence-corrected chi connectivity index (χ4v) is 6.05. The highest BCUT2D eigenvalue weighted by Crippen LogP contribution is 2.38. The van der Waals surface area contributed by atoms with Gasteiger partial charge in [0.1, 0.15) is 28.2 Å². The van der Waals surface area contributed by atoms with Gasteiger partial charge in [-0.15, -0.1) is 0 Å². The van der Waals surface area contributed by atoms with Crippen LogP contribution in [0.3, 0.4) is 0 Å². The van der Waals surface area contributed by atoms with Gasteiger partial charge < -0.3 is 15.8 Å². The first-order valence-corrected chi connectivity index (χ1v) is 14.4. The maximum Gasteiger partial charge on any atom is 0.273 e. The summed E-state index contributed by atoms with van der Waals surface area (Å²) in [5.74, 6) is -0.442. The van der Waals surface area contributed by atoms with Crippen molar-refractivity contribution >= 4 is 34.7 Å². The molecule has 1 aliphatic carbocycles. The van der Waals surface area contributed by atoms with Crippen molar-refractivity contribution in [2.75, 3.05) is 17.7 Å². The Labute approximate surface area is 243 Å². The van der Waals surface area contributed by atoms with Gasteiger partial charge in [-0.3, -0.25) is 14.5 Å². The normalized spacial score (nSPS) is 14.0. The van der Waals surface area contributed by atoms with Crippen LogP contribution >= 0.6 is 11.5 Å². The van der Waals surface area contributed by atoms with Crippen LogP contribution in [0.5, 0.6) is 5.75 Å². The number of nitrogens with one attached hydrogen (secondary N) is 1. The Morgan fingerprint density at radius 1 is 1.05 bits per heavy atom. The third-order valence-electron chi connectivity index (χ3n) is 7.73. The molecule has 212 valence electrons. The molecule has 1 fully saturated rings. The number of hydrogen-bond acceptors (Lipinski definition) is 6. The van der Waals surface area contributed by atoms with Crippen molar-refractivity contribution in [2.45, 2.75) is 51.6 Å². The minimum atomic E-state index is -0.981. The highest BCUT2D eigenvalue weighted by Gasteiger charge is 2.37. The molecule has 1 unspecified atom stereocenters. The lowest BCUT2D eigenvalue weighted by molar-refractivity contribution is -0.123. The van der Waals surface area contributed by atoms with Crippen LogP contribution in [0.4, 0.5) is 15.8 Å². The van der Waals surface area contributed by atoms with Gasteiger partial charge in [0, 0.05) is 17.3 Å². The predicted molar refractivity (Wildman–Crippen MR) is 161 cm³/mol. The summed E-state index contributed by atoms with van der Waals surface area (Å²) < 4.78 is 23.4. The SMILES string of the molecule is COc1ccc(C(C(=O)NC2CCCC2)N(C(=O)c2snc(-c3ccc(F)cc3)c2N)c2cccc(C)c2C)cc1. The van der Waals surface area contributed by atoms with E-state index in [1.54, 1.807) is 31.4 Å². The summed E-state index contributed by atoms with van der Waals surface area (Å²) in [5.41, 5.74) is 10.8. The van der Waals surface area contributed by atoms with Gasteiger partial charge in [-0.25, -0.2) is 4.39 Å². The average Bonchev–Trinajstić information content (AvgIpc) is 3.63. The van der Waals surface area contributed by atoms with Crippen molar-refractivity contribution in [2.24, 2.45) is 0 Å². The summed E-state index contributed by atoms with van der Waals surface area (Å²) in [6.45, 7) is 3.90. The molecule has 41 heavy (non-hydrogen) atoms. The number of aromatic nitrogens is 1. The zero-order valence-electron chi connectivity index (χ0n) is 23.3. The number of methoxy groups -OCH3 is 1. The monoisotopic (exact) mass is 572 g/mol. The lowest BCUT2D eigenvalue weighted by atomic mass is 9.99. The first-order chi connectivity index (χ1) is 19.8. The molecule has 0 radical (unpaired) electrons. The van der Waals surface area contributed by atoms with Crippen LogP contribution < -0.4 is 20.7 Å². The van der Waals surface area contributed by atoms with Crippen LogP contribution in [0.15, 0.2) is 66.7 Å². The number of aryl methyl sites for hydroxylation is 1. The largest absolute Gasteiger partial charge is 0.497 e. The molecule has 4 aromatic rings. The molecule has 7 nitrogen and oxygen atoms in total. The second kappa shape index (κ2) is 12.1. The van der Waals surface area contributed by atoms with Gasteiger partial charge >= 0.3 is 0 Å². The van der Waals surface area contributed by atoms with Gasteiger partial charge in [-0.1, -0.05) is 37.1 Å². The number of rotatable bonds is 8. The molecule has 1 aliphatic rings. The molecule has 1 atom stereocenters. The Hall–Kier alpha value is -4.24. The smallest absolute Gasteiger partial charge is 0.273 e. The lowest BCUT2D eigenvalue weighted by Crippen LogP contribution is -2.46. The predicted octanol–water partition coefficient (Wildman–Crippen LogP) is 6.60. The van der Waals surface area contributed by atoms with Crippen molar-refractivity contribution < 1.29 is 18.7 Å². The molecule has 1 heterocycles. The molecule has 3 aromatic carbocycles. The van der Waals surface area contributed by atoms with E-state index < -0.39 is 11.9 Å². The number of nitrogen functional groups attached to an aromatic ring is 1. The van der Waals surface area contributed by atoms with E-state index in [0.717, 1.165) is 48.3 Å². The highest BCUT2D eigenvalue weighted by atomic mass is 32.1. The van der Waals surface area contributed by atoms with E-state index in [2.05, 4.69) is 9.69 Å². The highest BCUT2D eigenvalue weighted by molar-refractivity contribution is 7.09. The van der Waals surface area contributed by atoms with Crippen molar-refractivity contribution in [3.05, 3.63) is 94.1 Å². The fraction of sp³-hybridized carbons (Fsp3) is 0.281. The Kier molecular flexibility index (Phi) is 8.35. The summed E-state index contributed by atoms with van der Waals surface area (Å²) >= 11 is 0.968. The summed E-state index contributed by atoms with van der Waals surface area (Å²) in [6, 6.07) is 17.7. The van der Waals surface area contributed by atoms with E-state index in [-0.39, 0.29) is 28.3 Å². The van der Waals surface area contributed by atoms with Crippen molar-refractivity contribution in [1.29, 1.82) is 0 Å². The van der Waals surface area contributed by atoms with E-state index in [9.17, 15) is 14.0 Å². The van der Waals surface area contributed by atoms with Crippen molar-refractivity contribution in [3.8, 4) is 17.0 Å². The Balaban J connectivity index is 1.65. The van der Waals surface area contributed by atoms with E-state index in [0.29, 0.717) is 28.3 Å². The topological polar surface area (TPSA) is 97.5 Å². The maximum absolute atomic E-state index is 14.6. The van der Waals surface area contributed by atoms with Crippen molar-refractivity contribution in [3.63, 3.8) is 0 Å². The van der Waals surface area contributed by atoms with Crippen LogP contribution in [0.25, 0.3) is 11.3 Å². The minimum Gasteiger partial charge on any atom is -0.497 e. The molecular formula is C32H33FN4O3S. The molecule has 2 amide bonds. The number of benzene rings is 3. The first-order valence-electron chi connectivity index (χ1n) is 13.6. The van der Waals surface area contributed by atoms with Crippen LogP contribution in [0.1, 0.15) is 58.1 Å². The fourth-order valence-electron chi connectivity index (χ4n) is 5.29. The van der Waals surface area contributed by atoms with Gasteiger partial charge in [0.2, 0.25) is 5.91 Å². The van der Waals surface area contributed by atoms with E-state index in [4.69, 9.17) is 10.5 Å². The second-order valence-corrected chi connectivity index (χ2v) is 11.1. The summed E-state index contributed by atoms with van der Waals surface area (Å²) in [5, 5.41) is 3.20. The van der Waals surface area contributed by atoms with Crippen molar-refractivity contribution in [1.82, 2.24) is 9.69 Å². The molecule has 0 spiro atoms. The Morgan fingerprint density at radius 2 is 1.73 bits per heavy atom. The molecule has 5 rings (SSSR count). The third kappa shape index (κ3) is 5.81. The van der Waals surface area contributed by atoms with Gasteiger partial charge in [-0.2, -0.15) is 4.37 Å². The van der Waals surface area contributed by atoms with Crippen LogP contribution in [-0.2, 0) is 4.79 Å². The zero-order chi connectivity index (χ0) is 29.1. The van der Waals surface area contributed by atoms with E-state index >= 15 is 0 Å². The van der Waals surface area contributed by atoms with Gasteiger partial charge in [0.15, 0.2) is 0 Å². The summed E-state index contributed by atoms with van der Waals surface area (Å²) in [7, 11) is 1.58. The average molecular weight is 573 g/mol. The summed E-state index contributed by atoms with van der Waals surface area (Å²) in [6.07, 6.45) is 3.92.